The third-order valence-corrected chi connectivity index (χ3v) is 3.13. The fourth-order valence-electron chi connectivity index (χ4n) is 1.33. The number of methoxy groups -OCH3 is 1. The lowest BCUT2D eigenvalue weighted by atomic mass is 10.2. The lowest BCUT2D eigenvalue weighted by Crippen LogP contribution is -2.32. The average molecular weight is 390 g/mol. The van der Waals surface area contributed by atoms with Gasteiger partial charge >= 0.3 is 0 Å². The van der Waals surface area contributed by atoms with E-state index in [0.717, 1.165) is 0 Å². The lowest BCUT2D eigenvalue weighted by molar-refractivity contribution is -0.124. The molecule has 0 fully saturated rings. The number of hydrogen-bond donors (Lipinski definition) is 3. The first-order valence-corrected chi connectivity index (χ1v) is 6.81. The molecule has 108 valence electrons. The molecule has 1 amide bonds. The van der Waals surface area contributed by atoms with E-state index in [2.05, 4.69) is 15.0 Å². The van der Waals surface area contributed by atoms with Gasteiger partial charge in [0.2, 0.25) is 5.91 Å². The zero-order chi connectivity index (χ0) is 15.0. The summed E-state index contributed by atoms with van der Waals surface area (Å²) in [6.07, 6.45) is 3.10. The van der Waals surface area contributed by atoms with Crippen molar-refractivity contribution >= 4 is 34.3 Å². The molecule has 1 aromatic heterocycles. The van der Waals surface area contributed by atoms with Crippen LogP contribution in [0.15, 0.2) is 30.6 Å². The van der Waals surface area contributed by atoms with Crippen molar-refractivity contribution in [1.82, 2.24) is 10.3 Å². The van der Waals surface area contributed by atoms with Crippen LogP contribution in [-0.4, -0.2) is 42.0 Å². The van der Waals surface area contributed by atoms with Crippen LogP contribution in [0.4, 0.5) is 0 Å². The smallest absolute Gasteiger partial charge is 0.246 e. The molecule has 6 nitrogen and oxygen atoms in total. The minimum Gasteiger partial charge on any atom is -0.508 e. The van der Waals surface area contributed by atoms with Crippen molar-refractivity contribution in [2.45, 2.75) is 0 Å². The Balaban J connectivity index is 2.93. The monoisotopic (exact) mass is 390 g/mol. The molecule has 0 aliphatic heterocycles. The first-order valence-electron chi connectivity index (χ1n) is 5.73. The van der Waals surface area contributed by atoms with Crippen molar-refractivity contribution in [3.63, 3.8) is 0 Å². The van der Waals surface area contributed by atoms with Gasteiger partial charge in [-0.25, -0.2) is 0 Å². The van der Waals surface area contributed by atoms with E-state index in [0.29, 0.717) is 9.13 Å². The minimum atomic E-state index is -0.362. The highest BCUT2D eigenvalue weighted by Crippen LogP contribution is 2.14. The molecule has 1 heterocycles. The number of hydrogen-bond acceptors (Lipinski definition) is 4. The van der Waals surface area contributed by atoms with Crippen molar-refractivity contribution in [1.29, 1.82) is 0 Å². The molecule has 1 aromatic rings. The minimum absolute atomic E-state index is 0.0384. The summed E-state index contributed by atoms with van der Waals surface area (Å²) in [6, 6.07) is 4.58. The molecular weight excluding hydrogens is 375 g/mol. The molecule has 0 radical (unpaired) electrons. The molecule has 7 heteroatoms. The predicted octanol–water partition coefficient (Wildman–Crippen LogP) is 1.39. The van der Waals surface area contributed by atoms with Gasteiger partial charge in [0.15, 0.2) is 5.78 Å². The van der Waals surface area contributed by atoms with Crippen molar-refractivity contribution in [2.75, 3.05) is 20.3 Å². The summed E-state index contributed by atoms with van der Waals surface area (Å²) in [6.45, 7) is -0.228. The molecule has 0 spiro atoms. The number of rotatable bonds is 5. The molecule has 0 unspecified atom stereocenters. The topological polar surface area (TPSA) is 91.4 Å². The first-order chi connectivity index (χ1) is 9.54. The highest BCUT2D eigenvalue weighted by molar-refractivity contribution is 14.1. The molecule has 1 rings (SSSR count). The summed E-state index contributed by atoms with van der Waals surface area (Å²) >= 11 is 1.95. The standard InChI is InChI=1S/C13H15IN2O4/c1-20-8-13(19)16-7-12(18)10-6-15-4-2-3-9(17)5-11(10)14/h2-6,15,17H,7-8H2,1H3,(H,16,19). The van der Waals surface area contributed by atoms with Crippen molar-refractivity contribution in [3.05, 3.63) is 39.7 Å². The van der Waals surface area contributed by atoms with Crippen molar-refractivity contribution in [2.24, 2.45) is 0 Å². The van der Waals surface area contributed by atoms with E-state index < -0.39 is 0 Å². The van der Waals surface area contributed by atoms with Crippen LogP contribution >= 0.6 is 22.6 Å². The summed E-state index contributed by atoms with van der Waals surface area (Å²) < 4.78 is 5.22. The molecule has 0 aromatic carbocycles. The van der Waals surface area contributed by atoms with Crippen LogP contribution in [0.2, 0.25) is 0 Å². The second kappa shape index (κ2) is 8.54. The van der Waals surface area contributed by atoms with Gasteiger partial charge in [0.1, 0.15) is 12.4 Å². The quantitative estimate of drug-likeness (QED) is 0.524. The fraction of sp³-hybridized carbons (Fsp3) is 0.231. The first kappa shape index (κ1) is 16.4. The zero-order valence-electron chi connectivity index (χ0n) is 10.9. The van der Waals surface area contributed by atoms with Crippen LogP contribution in [0, 0.1) is 3.57 Å². The normalized spacial score (nSPS) is 9.70. The highest BCUT2D eigenvalue weighted by atomic mass is 127. The Morgan fingerprint density at radius 3 is 2.95 bits per heavy atom. The SMILES string of the molecule is COCC(=O)NCC(=O)c1c[nH]cccc(O)cc1I. The molecule has 0 saturated carbocycles. The second-order valence-corrected chi connectivity index (χ2v) is 4.96. The average Bonchev–Trinajstić information content (AvgIpc) is 2.47. The van der Waals surface area contributed by atoms with Crippen LogP contribution < -0.4 is 5.32 Å². The van der Waals surface area contributed by atoms with Crippen LogP contribution in [0.3, 0.4) is 0 Å². The number of ether oxygens (including phenoxy) is 1. The molecule has 20 heavy (non-hydrogen) atoms. The Kier molecular flexibility index (Phi) is 7.02. The molecular formula is C13H15IN2O4. The van der Waals surface area contributed by atoms with Crippen LogP contribution in [0.1, 0.15) is 10.4 Å². The molecule has 0 saturated heterocycles. The molecule has 0 atom stereocenters. The second-order valence-electron chi connectivity index (χ2n) is 3.80. The Hall–Kier alpha value is -1.61. The summed E-state index contributed by atoms with van der Waals surface area (Å²) in [5, 5.41) is 12.0. The predicted molar refractivity (Wildman–Crippen MR) is 82.0 cm³/mol. The van der Waals surface area contributed by atoms with Gasteiger partial charge in [0.05, 0.1) is 6.54 Å². The lowest BCUT2D eigenvalue weighted by Gasteiger charge is -2.04. The maximum atomic E-state index is 12.1. The van der Waals surface area contributed by atoms with Gasteiger partial charge in [-0.3, -0.25) is 9.59 Å². The van der Waals surface area contributed by atoms with Crippen molar-refractivity contribution in [3.8, 4) is 5.75 Å². The molecule has 3 N–H and O–H groups in total. The number of carbonyl (C=O) groups excluding carboxylic acids is 2. The molecule has 0 aliphatic rings. The third-order valence-electron chi connectivity index (χ3n) is 2.24. The number of H-pyrrole nitrogens is 1. The zero-order valence-corrected chi connectivity index (χ0v) is 13.0. The van der Waals surface area contributed by atoms with E-state index in [1.807, 2.05) is 22.6 Å². The molecule has 0 bridgehead atoms. The van der Waals surface area contributed by atoms with E-state index in [-0.39, 0.29) is 30.6 Å². The van der Waals surface area contributed by atoms with E-state index in [1.165, 1.54) is 25.4 Å². The number of ketones is 1. The number of amides is 1. The van der Waals surface area contributed by atoms with Crippen molar-refractivity contribution < 1.29 is 19.4 Å². The van der Waals surface area contributed by atoms with Gasteiger partial charge in [-0.05, 0) is 40.8 Å². The Morgan fingerprint density at radius 1 is 1.50 bits per heavy atom. The van der Waals surface area contributed by atoms with E-state index >= 15 is 0 Å². The number of halogens is 1. The number of Topliss-reactive ketones (excluding diaryl/α,β-unsaturated/α-hetero) is 1. The van der Waals surface area contributed by atoms with E-state index in [1.54, 1.807) is 12.3 Å². The summed E-state index contributed by atoms with van der Waals surface area (Å²) in [5.74, 6) is -0.596. The highest BCUT2D eigenvalue weighted by Gasteiger charge is 2.10. The largest absolute Gasteiger partial charge is 0.508 e. The van der Waals surface area contributed by atoms with Crippen LogP contribution in [0.25, 0.3) is 0 Å². The molecule has 0 aliphatic carbocycles. The van der Waals surface area contributed by atoms with Gasteiger partial charge in [-0.15, -0.1) is 0 Å². The summed E-state index contributed by atoms with van der Waals surface area (Å²) in [7, 11) is 1.40. The van der Waals surface area contributed by atoms with Gasteiger partial charge in [-0.1, -0.05) is 0 Å². The third kappa shape index (κ3) is 5.57. The Labute approximate surface area is 130 Å². The number of carbonyl (C=O) groups is 2. The number of nitrogens with one attached hydrogen (secondary N) is 2. The van der Waals surface area contributed by atoms with Crippen LogP contribution in [0.5, 0.6) is 5.75 Å². The number of aromatic nitrogens is 1. The Morgan fingerprint density at radius 2 is 2.25 bits per heavy atom. The maximum Gasteiger partial charge on any atom is 0.246 e. The van der Waals surface area contributed by atoms with Gasteiger partial charge in [-0.2, -0.15) is 0 Å². The summed E-state index contributed by atoms with van der Waals surface area (Å²) in [4.78, 5) is 26.1. The Bertz CT molecular complexity index is 541. The number of aromatic hydroxyl groups is 1. The fourth-order valence-corrected chi connectivity index (χ4v) is 2.10. The maximum absolute atomic E-state index is 12.1. The summed E-state index contributed by atoms with van der Waals surface area (Å²) in [5.41, 5.74) is 0.370. The number of aromatic amines is 1. The van der Waals surface area contributed by atoms with Gasteiger partial charge in [0.25, 0.3) is 0 Å². The van der Waals surface area contributed by atoms with E-state index in [4.69, 9.17) is 0 Å². The van der Waals surface area contributed by atoms with Gasteiger partial charge < -0.3 is 20.1 Å². The van der Waals surface area contributed by atoms with Gasteiger partial charge in [0, 0.05) is 28.6 Å². The van der Waals surface area contributed by atoms with Crippen LogP contribution in [-0.2, 0) is 9.53 Å². The van der Waals surface area contributed by atoms with E-state index in [9.17, 15) is 14.7 Å².